The van der Waals surface area contributed by atoms with Gasteiger partial charge >= 0.3 is 0 Å². The van der Waals surface area contributed by atoms with Crippen LogP contribution >= 0.6 is 0 Å². The van der Waals surface area contributed by atoms with E-state index in [2.05, 4.69) is 10.3 Å². The molecule has 0 aliphatic rings. The Morgan fingerprint density at radius 3 is 2.24 bits per heavy atom. The summed E-state index contributed by atoms with van der Waals surface area (Å²) >= 11 is 0. The van der Waals surface area contributed by atoms with E-state index in [-0.39, 0.29) is 34.2 Å². The van der Waals surface area contributed by atoms with Crippen LogP contribution in [0.15, 0.2) is 65.7 Å². The molecule has 1 amide bonds. The normalized spacial score (nSPS) is 11.8. The van der Waals surface area contributed by atoms with Gasteiger partial charge in [0, 0.05) is 11.6 Å². The summed E-state index contributed by atoms with van der Waals surface area (Å²) in [6.07, 6.45) is 1.34. The van der Waals surface area contributed by atoms with Gasteiger partial charge in [-0.05, 0) is 49.7 Å². The summed E-state index contributed by atoms with van der Waals surface area (Å²) in [6, 6.07) is 12.1. The van der Waals surface area contributed by atoms with Gasteiger partial charge in [-0.1, -0.05) is 25.1 Å². The van der Waals surface area contributed by atoms with E-state index >= 15 is 0 Å². The number of hydrogen-bond acceptors (Lipinski definition) is 5. The Labute approximate surface area is 197 Å². The summed E-state index contributed by atoms with van der Waals surface area (Å²) in [5, 5.41) is 2.67. The van der Waals surface area contributed by atoms with Gasteiger partial charge in [-0.3, -0.25) is 14.6 Å². The van der Waals surface area contributed by atoms with Crippen molar-refractivity contribution >= 4 is 27.2 Å². The summed E-state index contributed by atoms with van der Waals surface area (Å²) in [6.45, 7) is 4.62. The number of halogens is 2. The number of amides is 1. The summed E-state index contributed by atoms with van der Waals surface area (Å²) in [5.41, 5.74) is -0.171. The number of rotatable bonds is 8. The van der Waals surface area contributed by atoms with E-state index < -0.39 is 32.7 Å². The first-order chi connectivity index (χ1) is 15.9. The number of nitrogens with one attached hydrogen (secondary N) is 1. The van der Waals surface area contributed by atoms with Crippen molar-refractivity contribution in [2.24, 2.45) is 0 Å². The number of carbonyl (C=O) groups is 2. The highest BCUT2D eigenvalue weighted by molar-refractivity contribution is 7.91. The Bertz CT molecular complexity index is 1320. The van der Waals surface area contributed by atoms with E-state index in [1.54, 1.807) is 19.1 Å². The van der Waals surface area contributed by atoms with Gasteiger partial charge < -0.3 is 5.32 Å². The first kappa shape index (κ1) is 25.2. The molecule has 0 saturated carbocycles. The van der Waals surface area contributed by atoms with Crippen LogP contribution in [0, 0.1) is 11.6 Å². The Hall–Kier alpha value is -3.46. The highest BCUT2D eigenvalue weighted by Crippen LogP contribution is 2.30. The van der Waals surface area contributed by atoms with Gasteiger partial charge in [0.15, 0.2) is 15.6 Å². The van der Waals surface area contributed by atoms with Gasteiger partial charge in [0.25, 0.3) is 0 Å². The maximum atomic E-state index is 14.2. The predicted octanol–water partition coefficient (Wildman–Crippen LogP) is 4.50. The Kier molecular flexibility index (Phi) is 7.26. The lowest BCUT2D eigenvalue weighted by Gasteiger charge is -2.24. The van der Waals surface area contributed by atoms with Crippen LogP contribution in [0.3, 0.4) is 0 Å². The van der Waals surface area contributed by atoms with Crippen LogP contribution in [-0.4, -0.2) is 30.8 Å². The van der Waals surface area contributed by atoms with Gasteiger partial charge in [0.05, 0.1) is 34.4 Å². The van der Waals surface area contributed by atoms with Crippen molar-refractivity contribution < 1.29 is 26.8 Å². The predicted molar refractivity (Wildman–Crippen MR) is 124 cm³/mol. The maximum absolute atomic E-state index is 14.2. The molecule has 2 aromatic carbocycles. The van der Waals surface area contributed by atoms with E-state index in [1.165, 1.54) is 50.4 Å². The average Bonchev–Trinajstić information content (AvgIpc) is 2.79. The number of hydrogen-bond donors (Lipinski definition) is 1. The largest absolute Gasteiger partial charge is 0.324 e. The molecule has 0 unspecified atom stereocenters. The zero-order valence-corrected chi connectivity index (χ0v) is 19.7. The third-order valence-electron chi connectivity index (χ3n) is 5.48. The van der Waals surface area contributed by atoms with E-state index in [9.17, 15) is 26.8 Å². The molecule has 0 radical (unpaired) electrons. The minimum absolute atomic E-state index is 0.00560. The topological polar surface area (TPSA) is 93.2 Å². The zero-order valence-electron chi connectivity index (χ0n) is 18.9. The molecule has 1 N–H and O–H groups in total. The van der Waals surface area contributed by atoms with Gasteiger partial charge in [0.2, 0.25) is 5.91 Å². The van der Waals surface area contributed by atoms with E-state index in [4.69, 9.17) is 0 Å². The summed E-state index contributed by atoms with van der Waals surface area (Å²) in [4.78, 5) is 29.6. The lowest BCUT2D eigenvalue weighted by molar-refractivity contribution is -0.115. The number of sulfone groups is 1. The number of anilines is 1. The molecule has 34 heavy (non-hydrogen) atoms. The fourth-order valence-corrected chi connectivity index (χ4v) is 4.30. The smallest absolute Gasteiger partial charge is 0.228 e. The standard InChI is InChI=1S/C25H24F2N2O4S/c1-4-34(32,33)19-9-5-16(6-10-19)13-23(30)29-18-8-12-22(28-15-18)24(31)25(2,3)20-11-7-17(26)14-21(20)27/h5-12,14-15H,4,13H2,1-3H3,(H,29,30). The monoisotopic (exact) mass is 486 g/mol. The SMILES string of the molecule is CCS(=O)(=O)c1ccc(CC(=O)Nc2ccc(C(=O)C(C)(C)c3ccc(F)cc3F)nc2)cc1. The number of aromatic nitrogens is 1. The van der Waals surface area contributed by atoms with Crippen LogP contribution in [0.2, 0.25) is 0 Å². The molecule has 6 nitrogen and oxygen atoms in total. The van der Waals surface area contributed by atoms with Crippen LogP contribution in [0.4, 0.5) is 14.5 Å². The number of ketones is 1. The molecule has 0 atom stereocenters. The molecule has 178 valence electrons. The minimum Gasteiger partial charge on any atom is -0.324 e. The van der Waals surface area contributed by atoms with E-state index in [0.717, 1.165) is 12.1 Å². The fraction of sp³-hybridized carbons (Fsp3) is 0.240. The molecule has 1 heterocycles. The number of pyridine rings is 1. The second kappa shape index (κ2) is 9.80. The first-order valence-electron chi connectivity index (χ1n) is 10.5. The van der Waals surface area contributed by atoms with E-state index in [1.807, 2.05) is 0 Å². The second-order valence-electron chi connectivity index (χ2n) is 8.28. The summed E-state index contributed by atoms with van der Waals surface area (Å²) in [5.74, 6) is -2.36. The molecule has 0 bridgehead atoms. The van der Waals surface area contributed by atoms with Gasteiger partial charge in [-0.15, -0.1) is 0 Å². The summed E-state index contributed by atoms with van der Waals surface area (Å²) in [7, 11) is -3.31. The molecule has 0 aliphatic carbocycles. The summed E-state index contributed by atoms with van der Waals surface area (Å²) < 4.78 is 51.2. The number of Topliss-reactive ketones (excluding diaryl/α,β-unsaturated/α-hetero) is 1. The zero-order chi connectivity index (χ0) is 25.1. The van der Waals surface area contributed by atoms with Crippen LogP contribution in [0.5, 0.6) is 0 Å². The Morgan fingerprint density at radius 2 is 1.68 bits per heavy atom. The first-order valence-corrected chi connectivity index (χ1v) is 12.2. The molecule has 3 rings (SSSR count). The van der Waals surface area contributed by atoms with Crippen molar-refractivity contribution in [1.29, 1.82) is 0 Å². The molecule has 0 aliphatic heterocycles. The molecular weight excluding hydrogens is 462 g/mol. The van der Waals surface area contributed by atoms with Crippen molar-refractivity contribution in [3.8, 4) is 0 Å². The fourth-order valence-electron chi connectivity index (χ4n) is 3.41. The van der Waals surface area contributed by atoms with Crippen LogP contribution in [0.1, 0.15) is 42.4 Å². The van der Waals surface area contributed by atoms with Gasteiger partial charge in [-0.25, -0.2) is 17.2 Å². The van der Waals surface area contributed by atoms with Gasteiger partial charge in [0.1, 0.15) is 17.3 Å². The van der Waals surface area contributed by atoms with E-state index in [0.29, 0.717) is 11.3 Å². The third-order valence-corrected chi connectivity index (χ3v) is 7.23. The van der Waals surface area contributed by atoms with Gasteiger partial charge in [-0.2, -0.15) is 0 Å². The quantitative estimate of drug-likeness (QED) is 0.474. The van der Waals surface area contributed by atoms with Crippen molar-refractivity contribution in [1.82, 2.24) is 4.98 Å². The molecule has 9 heteroatoms. The third kappa shape index (κ3) is 5.53. The van der Waals surface area contributed by atoms with Crippen molar-refractivity contribution in [2.75, 3.05) is 11.1 Å². The average molecular weight is 487 g/mol. The lowest BCUT2D eigenvalue weighted by atomic mass is 9.79. The number of carbonyl (C=O) groups excluding carboxylic acids is 2. The maximum Gasteiger partial charge on any atom is 0.228 e. The second-order valence-corrected chi connectivity index (χ2v) is 10.6. The Balaban J connectivity index is 1.67. The molecule has 1 aromatic heterocycles. The molecule has 3 aromatic rings. The van der Waals surface area contributed by atoms with Crippen LogP contribution in [0.25, 0.3) is 0 Å². The number of benzene rings is 2. The Morgan fingerprint density at radius 1 is 1.00 bits per heavy atom. The lowest BCUT2D eigenvalue weighted by Crippen LogP contribution is -2.31. The van der Waals surface area contributed by atoms with Crippen LogP contribution in [-0.2, 0) is 26.5 Å². The van der Waals surface area contributed by atoms with Crippen LogP contribution < -0.4 is 5.32 Å². The highest BCUT2D eigenvalue weighted by Gasteiger charge is 2.34. The highest BCUT2D eigenvalue weighted by atomic mass is 32.2. The molecule has 0 saturated heterocycles. The number of nitrogens with zero attached hydrogens (tertiary/aromatic N) is 1. The molecule has 0 fully saturated rings. The van der Waals surface area contributed by atoms with Crippen molar-refractivity contribution in [3.05, 3.63) is 89.2 Å². The minimum atomic E-state index is -3.31. The molecular formula is C25H24F2N2O4S. The van der Waals surface area contributed by atoms with Crippen molar-refractivity contribution in [2.45, 2.75) is 37.5 Å². The van der Waals surface area contributed by atoms with Crippen molar-refractivity contribution in [3.63, 3.8) is 0 Å². The molecule has 0 spiro atoms.